The molecule has 3 heterocycles. The van der Waals surface area contributed by atoms with Crippen molar-refractivity contribution >= 4 is 45.9 Å². The standard InChI is InChI=1S/C20H14N8OS/c29-20(13-2-7-16-17(10-13)27-30-26-16)25-15-5-3-14(4-6-15)24-18-11-19(22-12-21-18)28-9-1-8-23-28/h1-12H,(H,25,29)(H,21,22,24). The second kappa shape index (κ2) is 7.68. The zero-order valence-electron chi connectivity index (χ0n) is 15.4. The van der Waals surface area contributed by atoms with Crippen molar-refractivity contribution in [1.82, 2.24) is 28.5 Å². The lowest BCUT2D eigenvalue weighted by Gasteiger charge is -2.09. The average molecular weight is 414 g/mol. The number of hydrogen-bond donors (Lipinski definition) is 2. The molecule has 5 rings (SSSR count). The van der Waals surface area contributed by atoms with E-state index in [0.717, 1.165) is 22.9 Å². The topological polar surface area (TPSA) is 111 Å². The summed E-state index contributed by atoms with van der Waals surface area (Å²) in [6.07, 6.45) is 4.98. The summed E-state index contributed by atoms with van der Waals surface area (Å²) in [4.78, 5) is 20.9. The van der Waals surface area contributed by atoms with E-state index in [4.69, 9.17) is 0 Å². The molecule has 9 nitrogen and oxygen atoms in total. The lowest BCUT2D eigenvalue weighted by molar-refractivity contribution is 0.102. The maximum atomic E-state index is 12.5. The summed E-state index contributed by atoms with van der Waals surface area (Å²) in [5.74, 6) is 1.09. The molecule has 0 atom stereocenters. The third-order valence-electron chi connectivity index (χ3n) is 4.32. The Morgan fingerprint density at radius 1 is 0.933 bits per heavy atom. The van der Waals surface area contributed by atoms with Crippen molar-refractivity contribution in [3.63, 3.8) is 0 Å². The van der Waals surface area contributed by atoms with Crippen LogP contribution in [0.15, 0.2) is 73.3 Å². The molecular weight excluding hydrogens is 400 g/mol. The van der Waals surface area contributed by atoms with Crippen LogP contribution in [-0.2, 0) is 0 Å². The van der Waals surface area contributed by atoms with Gasteiger partial charge in [-0.1, -0.05) is 0 Å². The first kappa shape index (κ1) is 17.9. The monoisotopic (exact) mass is 414 g/mol. The summed E-state index contributed by atoms with van der Waals surface area (Å²) in [5, 5.41) is 10.3. The van der Waals surface area contributed by atoms with Gasteiger partial charge in [-0.3, -0.25) is 4.79 Å². The Bertz CT molecular complexity index is 1310. The molecule has 0 bridgehead atoms. The van der Waals surface area contributed by atoms with E-state index < -0.39 is 0 Å². The highest BCUT2D eigenvalue weighted by Crippen LogP contribution is 2.20. The molecule has 0 saturated heterocycles. The van der Waals surface area contributed by atoms with Gasteiger partial charge in [0.05, 0.1) is 11.7 Å². The smallest absolute Gasteiger partial charge is 0.255 e. The summed E-state index contributed by atoms with van der Waals surface area (Å²) in [6, 6.07) is 16.2. The van der Waals surface area contributed by atoms with Crippen LogP contribution in [0.1, 0.15) is 10.4 Å². The molecule has 0 aliphatic heterocycles. The quantitative estimate of drug-likeness (QED) is 0.451. The van der Waals surface area contributed by atoms with E-state index in [1.807, 2.05) is 36.5 Å². The van der Waals surface area contributed by atoms with Crippen LogP contribution in [0.4, 0.5) is 17.2 Å². The fourth-order valence-corrected chi connectivity index (χ4v) is 3.37. The summed E-state index contributed by atoms with van der Waals surface area (Å²) >= 11 is 1.13. The minimum atomic E-state index is -0.203. The molecule has 2 N–H and O–H groups in total. The molecule has 0 aliphatic carbocycles. The zero-order chi connectivity index (χ0) is 20.3. The molecule has 0 fully saturated rings. The van der Waals surface area contributed by atoms with Crippen molar-refractivity contribution in [2.75, 3.05) is 10.6 Å². The van der Waals surface area contributed by atoms with Gasteiger partial charge >= 0.3 is 0 Å². The molecule has 146 valence electrons. The van der Waals surface area contributed by atoms with Gasteiger partial charge in [0.2, 0.25) is 0 Å². The van der Waals surface area contributed by atoms with Crippen molar-refractivity contribution in [1.29, 1.82) is 0 Å². The molecular formula is C20H14N8OS. The van der Waals surface area contributed by atoms with E-state index in [1.165, 1.54) is 6.33 Å². The van der Waals surface area contributed by atoms with E-state index in [-0.39, 0.29) is 5.91 Å². The number of carbonyl (C=O) groups excluding carboxylic acids is 1. The van der Waals surface area contributed by atoms with Crippen molar-refractivity contribution < 1.29 is 4.79 Å². The molecule has 3 aromatic heterocycles. The van der Waals surface area contributed by atoms with Gasteiger partial charge in [-0.25, -0.2) is 14.6 Å². The highest BCUT2D eigenvalue weighted by atomic mass is 32.1. The van der Waals surface area contributed by atoms with Gasteiger partial charge in [0.15, 0.2) is 5.82 Å². The summed E-state index contributed by atoms with van der Waals surface area (Å²) in [5.41, 5.74) is 3.54. The predicted octanol–water partition coefficient (Wildman–Crippen LogP) is 3.66. The molecule has 0 aliphatic rings. The van der Waals surface area contributed by atoms with Crippen LogP contribution in [0.25, 0.3) is 16.9 Å². The molecule has 0 saturated carbocycles. The Hall–Kier alpha value is -4.18. The fourth-order valence-electron chi connectivity index (χ4n) is 2.86. The predicted molar refractivity (Wildman–Crippen MR) is 114 cm³/mol. The number of anilines is 3. The summed E-state index contributed by atoms with van der Waals surface area (Å²) in [7, 11) is 0. The first-order chi connectivity index (χ1) is 14.7. The molecule has 30 heavy (non-hydrogen) atoms. The van der Waals surface area contributed by atoms with E-state index in [0.29, 0.717) is 28.4 Å². The molecule has 1 amide bonds. The fraction of sp³-hybridized carbons (Fsp3) is 0. The van der Waals surface area contributed by atoms with Gasteiger partial charge in [-0.05, 0) is 48.5 Å². The van der Waals surface area contributed by atoms with Crippen LogP contribution in [0.5, 0.6) is 0 Å². The third kappa shape index (κ3) is 3.71. The number of nitrogens with one attached hydrogen (secondary N) is 2. The van der Waals surface area contributed by atoms with E-state index in [1.54, 1.807) is 35.1 Å². The number of rotatable bonds is 5. The molecule has 5 aromatic rings. The largest absolute Gasteiger partial charge is 0.340 e. The van der Waals surface area contributed by atoms with Crippen molar-refractivity contribution in [2.45, 2.75) is 0 Å². The van der Waals surface area contributed by atoms with E-state index in [2.05, 4.69) is 34.4 Å². The lowest BCUT2D eigenvalue weighted by Crippen LogP contribution is -2.11. The maximum Gasteiger partial charge on any atom is 0.255 e. The van der Waals surface area contributed by atoms with E-state index >= 15 is 0 Å². The van der Waals surface area contributed by atoms with Gasteiger partial charge < -0.3 is 10.6 Å². The second-order valence-corrected chi connectivity index (χ2v) is 6.86. The van der Waals surface area contributed by atoms with Crippen LogP contribution in [0, 0.1) is 0 Å². The van der Waals surface area contributed by atoms with Crippen LogP contribution in [-0.4, -0.2) is 34.4 Å². The maximum absolute atomic E-state index is 12.5. The Balaban J connectivity index is 1.27. The molecule has 0 unspecified atom stereocenters. The number of benzene rings is 2. The highest BCUT2D eigenvalue weighted by Gasteiger charge is 2.09. The van der Waals surface area contributed by atoms with E-state index in [9.17, 15) is 4.79 Å². The second-order valence-electron chi connectivity index (χ2n) is 6.34. The van der Waals surface area contributed by atoms with Gasteiger partial charge in [0.1, 0.15) is 23.2 Å². The minimum absolute atomic E-state index is 0.203. The van der Waals surface area contributed by atoms with Crippen LogP contribution < -0.4 is 10.6 Å². The number of nitrogens with zero attached hydrogens (tertiary/aromatic N) is 6. The third-order valence-corrected chi connectivity index (χ3v) is 4.88. The van der Waals surface area contributed by atoms with Crippen molar-refractivity contribution in [2.24, 2.45) is 0 Å². The van der Waals surface area contributed by atoms with Gasteiger partial charge in [0, 0.05) is 35.4 Å². The van der Waals surface area contributed by atoms with Gasteiger partial charge in [-0.15, -0.1) is 0 Å². The summed E-state index contributed by atoms with van der Waals surface area (Å²) < 4.78 is 9.97. The SMILES string of the molecule is O=C(Nc1ccc(Nc2cc(-n3cccn3)ncn2)cc1)c1ccc2nsnc2c1. The van der Waals surface area contributed by atoms with Crippen LogP contribution >= 0.6 is 11.7 Å². The normalized spacial score (nSPS) is 10.8. The lowest BCUT2D eigenvalue weighted by atomic mass is 10.2. The Kier molecular flexibility index (Phi) is 4.58. The average Bonchev–Trinajstić information content (AvgIpc) is 3.47. The zero-order valence-corrected chi connectivity index (χ0v) is 16.2. The number of amides is 1. The number of carbonyl (C=O) groups is 1. The minimum Gasteiger partial charge on any atom is -0.340 e. The molecule has 0 spiro atoms. The van der Waals surface area contributed by atoms with Gasteiger partial charge in [-0.2, -0.15) is 13.8 Å². The van der Waals surface area contributed by atoms with Crippen LogP contribution in [0.3, 0.4) is 0 Å². The Morgan fingerprint density at radius 3 is 2.60 bits per heavy atom. The molecule has 2 aromatic carbocycles. The Labute approximate surface area is 174 Å². The van der Waals surface area contributed by atoms with Gasteiger partial charge in [0.25, 0.3) is 5.91 Å². The summed E-state index contributed by atoms with van der Waals surface area (Å²) in [6.45, 7) is 0. The molecule has 10 heteroatoms. The van der Waals surface area contributed by atoms with Crippen molar-refractivity contribution in [3.05, 3.63) is 78.9 Å². The Morgan fingerprint density at radius 2 is 1.77 bits per heavy atom. The highest BCUT2D eigenvalue weighted by molar-refractivity contribution is 7.00. The van der Waals surface area contributed by atoms with Crippen molar-refractivity contribution in [3.8, 4) is 5.82 Å². The number of aromatic nitrogens is 6. The first-order valence-electron chi connectivity index (χ1n) is 8.97. The van der Waals surface area contributed by atoms with Crippen LogP contribution in [0.2, 0.25) is 0 Å². The first-order valence-corrected chi connectivity index (χ1v) is 9.70. The molecule has 0 radical (unpaired) electrons. The number of hydrogen-bond acceptors (Lipinski definition) is 8. The number of fused-ring (bicyclic) bond motifs is 1.